The monoisotopic (exact) mass is 564 g/mol. The summed E-state index contributed by atoms with van der Waals surface area (Å²) in [4.78, 5) is 2.36. The quantitative estimate of drug-likeness (QED) is 0.182. The van der Waals surface area contributed by atoms with E-state index in [9.17, 15) is 0 Å². The molecule has 0 aliphatic carbocycles. The van der Waals surface area contributed by atoms with Crippen molar-refractivity contribution in [3.05, 3.63) is 163 Å². The van der Waals surface area contributed by atoms with E-state index in [0.717, 1.165) is 29.2 Å². The van der Waals surface area contributed by atoms with E-state index in [0.29, 0.717) is 0 Å². The van der Waals surface area contributed by atoms with Gasteiger partial charge in [-0.3, -0.25) is 0 Å². The predicted molar refractivity (Wildman–Crippen MR) is 190 cm³/mol. The van der Waals surface area contributed by atoms with Crippen LogP contribution in [0.1, 0.15) is 18.1 Å². The predicted octanol–water partition coefficient (Wildman–Crippen LogP) is 11.8. The van der Waals surface area contributed by atoms with Crippen LogP contribution in [0.5, 0.6) is 0 Å². The van der Waals surface area contributed by atoms with Crippen LogP contribution in [0.15, 0.2) is 152 Å². The minimum absolute atomic E-state index is 0.943. The van der Waals surface area contributed by atoms with Crippen LogP contribution in [0.4, 0.5) is 17.1 Å². The van der Waals surface area contributed by atoms with Gasteiger partial charge in [0.1, 0.15) is 0 Å². The first-order chi connectivity index (χ1) is 21.7. The van der Waals surface area contributed by atoms with Gasteiger partial charge in [0.05, 0.1) is 0 Å². The third kappa shape index (κ3) is 4.62. The number of para-hydroxylation sites is 1. The number of rotatable bonds is 6. The first-order valence-corrected chi connectivity index (χ1v) is 15.3. The van der Waals surface area contributed by atoms with Crippen molar-refractivity contribution in [2.75, 3.05) is 4.90 Å². The van der Waals surface area contributed by atoms with Crippen LogP contribution >= 0.6 is 0 Å². The summed E-state index contributed by atoms with van der Waals surface area (Å²) >= 11 is 0. The molecule has 0 aliphatic heterocycles. The van der Waals surface area contributed by atoms with Gasteiger partial charge in [-0.2, -0.15) is 0 Å². The topological polar surface area (TPSA) is 8.17 Å². The normalized spacial score (nSPS) is 11.8. The van der Waals surface area contributed by atoms with Crippen LogP contribution in [0, 0.1) is 0 Å². The van der Waals surface area contributed by atoms with Crippen molar-refractivity contribution in [3.8, 4) is 0 Å². The fraction of sp³-hybridized carbons (Fsp3) is 0.0476. The van der Waals surface area contributed by atoms with Crippen LogP contribution in [-0.4, -0.2) is 4.57 Å². The lowest BCUT2D eigenvalue weighted by molar-refractivity contribution is 0.827. The van der Waals surface area contributed by atoms with E-state index in [1.165, 1.54) is 48.9 Å². The fourth-order valence-corrected chi connectivity index (χ4v) is 6.55. The van der Waals surface area contributed by atoms with E-state index >= 15 is 0 Å². The summed E-state index contributed by atoms with van der Waals surface area (Å²) in [5.74, 6) is 0. The average Bonchev–Trinajstić information content (AvgIpc) is 3.40. The van der Waals surface area contributed by atoms with E-state index in [1.54, 1.807) is 0 Å². The van der Waals surface area contributed by atoms with Crippen molar-refractivity contribution < 1.29 is 0 Å². The number of nitrogens with zero attached hydrogens (tertiary/aromatic N) is 2. The number of hydrogen-bond donors (Lipinski definition) is 0. The van der Waals surface area contributed by atoms with Gasteiger partial charge in [0.2, 0.25) is 0 Å². The molecule has 0 unspecified atom stereocenters. The summed E-state index contributed by atoms with van der Waals surface area (Å²) in [7, 11) is 0. The maximum absolute atomic E-state index is 2.41. The van der Waals surface area contributed by atoms with Crippen LogP contribution < -0.4 is 4.90 Å². The zero-order chi connectivity index (χ0) is 29.5. The maximum atomic E-state index is 2.41. The van der Waals surface area contributed by atoms with Gasteiger partial charge < -0.3 is 9.47 Å². The molecule has 0 radical (unpaired) electrons. The molecule has 0 saturated carbocycles. The van der Waals surface area contributed by atoms with Gasteiger partial charge in [-0.15, -0.1) is 0 Å². The molecule has 210 valence electrons. The highest BCUT2D eigenvalue weighted by Gasteiger charge is 2.14. The molecule has 0 spiro atoms. The summed E-state index contributed by atoms with van der Waals surface area (Å²) in [6.45, 7) is 3.16. The van der Waals surface area contributed by atoms with Crippen molar-refractivity contribution in [1.82, 2.24) is 4.57 Å². The lowest BCUT2D eigenvalue weighted by Crippen LogP contribution is -2.10. The van der Waals surface area contributed by atoms with Gasteiger partial charge in [0, 0.05) is 45.4 Å². The number of anilines is 3. The Balaban J connectivity index is 1.20. The average molecular weight is 565 g/mol. The second-order valence-corrected chi connectivity index (χ2v) is 11.4. The van der Waals surface area contributed by atoms with Crippen molar-refractivity contribution in [2.24, 2.45) is 0 Å². The molecule has 2 nitrogen and oxygen atoms in total. The third-order valence-electron chi connectivity index (χ3n) is 8.69. The van der Waals surface area contributed by atoms with Crippen LogP contribution in [0.25, 0.3) is 55.5 Å². The third-order valence-corrected chi connectivity index (χ3v) is 8.69. The molecule has 7 aromatic carbocycles. The van der Waals surface area contributed by atoms with Crippen molar-refractivity contribution >= 4 is 72.6 Å². The second kappa shape index (κ2) is 10.9. The van der Waals surface area contributed by atoms with E-state index < -0.39 is 0 Å². The van der Waals surface area contributed by atoms with E-state index in [2.05, 4.69) is 180 Å². The van der Waals surface area contributed by atoms with E-state index in [-0.39, 0.29) is 0 Å². The second-order valence-electron chi connectivity index (χ2n) is 11.4. The Kier molecular flexibility index (Phi) is 6.46. The molecule has 0 atom stereocenters. The van der Waals surface area contributed by atoms with Crippen LogP contribution in [0.3, 0.4) is 0 Å². The maximum Gasteiger partial charge on any atom is 0.0497 e. The van der Waals surface area contributed by atoms with Gasteiger partial charge in [0.25, 0.3) is 0 Å². The molecule has 0 bridgehead atoms. The van der Waals surface area contributed by atoms with Gasteiger partial charge in [0.15, 0.2) is 0 Å². The summed E-state index contributed by atoms with van der Waals surface area (Å²) in [5, 5.41) is 7.56. The molecule has 8 rings (SSSR count). The summed E-state index contributed by atoms with van der Waals surface area (Å²) in [5.41, 5.74) is 8.33. The Labute approximate surface area is 257 Å². The van der Waals surface area contributed by atoms with Crippen molar-refractivity contribution in [1.29, 1.82) is 0 Å². The first-order valence-electron chi connectivity index (χ1n) is 15.3. The standard InChI is InChI=1S/C42H32N2/c1-2-43-41-17-8-7-16-39(41)40-25-20-31(27-42(40)43)19-18-30-10-9-15-36(26-30)44(37-23-21-32-11-3-5-13-34(32)28-37)38-24-22-33-12-4-6-14-35(33)29-38/h3-29H,2H2,1H3/b19-18+. The lowest BCUT2D eigenvalue weighted by atomic mass is 10.1. The molecule has 44 heavy (non-hydrogen) atoms. The van der Waals surface area contributed by atoms with E-state index in [4.69, 9.17) is 0 Å². The number of aromatic nitrogens is 1. The minimum atomic E-state index is 0.943. The molecule has 0 aliphatic rings. The Morgan fingerprint density at radius 1 is 0.455 bits per heavy atom. The van der Waals surface area contributed by atoms with Gasteiger partial charge >= 0.3 is 0 Å². The molecule has 0 fully saturated rings. The Hall–Kier alpha value is -5.60. The summed E-state index contributed by atoms with van der Waals surface area (Å²) < 4.78 is 2.41. The fourth-order valence-electron chi connectivity index (χ4n) is 6.55. The van der Waals surface area contributed by atoms with Crippen molar-refractivity contribution in [2.45, 2.75) is 13.5 Å². The van der Waals surface area contributed by atoms with E-state index in [1.807, 2.05) is 0 Å². The minimum Gasteiger partial charge on any atom is -0.341 e. The molecular formula is C42H32N2. The van der Waals surface area contributed by atoms with Crippen LogP contribution in [-0.2, 0) is 6.54 Å². The highest BCUT2D eigenvalue weighted by atomic mass is 15.1. The van der Waals surface area contributed by atoms with Gasteiger partial charge in [-0.1, -0.05) is 115 Å². The Morgan fingerprint density at radius 3 is 1.70 bits per heavy atom. The zero-order valence-electron chi connectivity index (χ0n) is 24.7. The molecular weight excluding hydrogens is 532 g/mol. The Morgan fingerprint density at radius 2 is 1.02 bits per heavy atom. The zero-order valence-corrected chi connectivity index (χ0v) is 24.7. The molecule has 8 aromatic rings. The number of fused-ring (bicyclic) bond motifs is 5. The highest BCUT2D eigenvalue weighted by Crippen LogP contribution is 2.38. The molecule has 0 saturated heterocycles. The number of hydrogen-bond acceptors (Lipinski definition) is 1. The van der Waals surface area contributed by atoms with Crippen molar-refractivity contribution in [3.63, 3.8) is 0 Å². The van der Waals surface area contributed by atoms with Gasteiger partial charge in [-0.25, -0.2) is 0 Å². The number of benzene rings is 7. The Bertz CT molecular complexity index is 2260. The molecule has 1 heterocycles. The SMILES string of the molecule is CCn1c2ccccc2c2ccc(/C=C/c3cccc(N(c4ccc5ccccc5c4)c4ccc5ccccc5c4)c3)cc21. The molecule has 0 amide bonds. The largest absolute Gasteiger partial charge is 0.341 e. The molecule has 2 heteroatoms. The van der Waals surface area contributed by atoms with Crippen LogP contribution in [0.2, 0.25) is 0 Å². The lowest BCUT2D eigenvalue weighted by Gasteiger charge is -2.26. The summed E-state index contributed by atoms with van der Waals surface area (Å²) in [6.07, 6.45) is 4.45. The first kappa shape index (κ1) is 26.1. The highest BCUT2D eigenvalue weighted by molar-refractivity contribution is 6.08. The molecule has 1 aromatic heterocycles. The number of aryl methyl sites for hydroxylation is 1. The smallest absolute Gasteiger partial charge is 0.0497 e. The summed E-state index contributed by atoms with van der Waals surface area (Å²) in [6, 6.07) is 54.9. The molecule has 0 N–H and O–H groups in total. The van der Waals surface area contributed by atoms with Gasteiger partial charge in [-0.05, 0) is 88.1 Å².